The van der Waals surface area contributed by atoms with E-state index in [2.05, 4.69) is 10.3 Å². The molecule has 0 radical (unpaired) electrons. The van der Waals surface area contributed by atoms with Gasteiger partial charge in [-0.1, -0.05) is 6.07 Å². The van der Waals surface area contributed by atoms with Crippen LogP contribution in [0.3, 0.4) is 0 Å². The number of pyridine rings is 1. The molecule has 7 nitrogen and oxygen atoms in total. The standard InChI is InChI=1S/C17H24N4O3/c22-16(19-12-14-4-1-2-6-18-14)13-21-7-3-5-15(21)17(23)20-8-10-24-11-9-20/h1-2,4,6,15H,3,5,7-13H2,(H,19,22). The van der Waals surface area contributed by atoms with Crippen molar-refractivity contribution in [2.45, 2.75) is 25.4 Å². The van der Waals surface area contributed by atoms with Gasteiger partial charge in [0.15, 0.2) is 0 Å². The summed E-state index contributed by atoms with van der Waals surface area (Å²) in [5.41, 5.74) is 0.827. The molecule has 0 saturated carbocycles. The van der Waals surface area contributed by atoms with Crippen LogP contribution in [0.5, 0.6) is 0 Å². The molecule has 1 aromatic heterocycles. The second-order valence-corrected chi connectivity index (χ2v) is 6.16. The first-order valence-corrected chi connectivity index (χ1v) is 8.51. The van der Waals surface area contributed by atoms with Crippen LogP contribution in [0, 0.1) is 0 Å². The minimum Gasteiger partial charge on any atom is -0.378 e. The molecule has 0 aliphatic carbocycles. The van der Waals surface area contributed by atoms with E-state index in [0.29, 0.717) is 32.8 Å². The Morgan fingerprint density at radius 2 is 2.08 bits per heavy atom. The molecular formula is C17H24N4O3. The maximum absolute atomic E-state index is 12.7. The quantitative estimate of drug-likeness (QED) is 0.823. The highest BCUT2D eigenvalue weighted by Gasteiger charge is 2.34. The van der Waals surface area contributed by atoms with Crippen LogP contribution in [-0.2, 0) is 20.9 Å². The minimum atomic E-state index is -0.177. The summed E-state index contributed by atoms with van der Waals surface area (Å²) in [5, 5.41) is 2.88. The molecule has 2 aliphatic rings. The Balaban J connectivity index is 1.49. The number of likely N-dealkylation sites (tertiary alicyclic amines) is 1. The average molecular weight is 332 g/mol. The van der Waals surface area contributed by atoms with Gasteiger partial charge in [-0.3, -0.25) is 19.5 Å². The number of hydrogen-bond donors (Lipinski definition) is 1. The zero-order valence-electron chi connectivity index (χ0n) is 13.8. The number of nitrogens with one attached hydrogen (secondary N) is 1. The van der Waals surface area contributed by atoms with Crippen LogP contribution < -0.4 is 5.32 Å². The average Bonchev–Trinajstić information content (AvgIpc) is 3.09. The molecule has 130 valence electrons. The van der Waals surface area contributed by atoms with Crippen molar-refractivity contribution < 1.29 is 14.3 Å². The number of hydrogen-bond acceptors (Lipinski definition) is 5. The number of ether oxygens (including phenoxy) is 1. The lowest BCUT2D eigenvalue weighted by Gasteiger charge is -2.32. The van der Waals surface area contributed by atoms with Crippen LogP contribution in [0.2, 0.25) is 0 Å². The van der Waals surface area contributed by atoms with Crippen LogP contribution in [0.1, 0.15) is 18.5 Å². The van der Waals surface area contributed by atoms with Crippen molar-refractivity contribution in [2.24, 2.45) is 0 Å². The Kier molecular flexibility index (Phi) is 5.77. The third-order valence-corrected chi connectivity index (χ3v) is 4.51. The van der Waals surface area contributed by atoms with E-state index in [0.717, 1.165) is 25.1 Å². The van der Waals surface area contributed by atoms with E-state index < -0.39 is 0 Å². The lowest BCUT2D eigenvalue weighted by atomic mass is 10.2. The third kappa shape index (κ3) is 4.30. The maximum atomic E-state index is 12.7. The molecular weight excluding hydrogens is 308 g/mol. The molecule has 2 saturated heterocycles. The third-order valence-electron chi connectivity index (χ3n) is 4.51. The molecule has 1 aromatic rings. The Hall–Kier alpha value is -1.99. The van der Waals surface area contributed by atoms with E-state index in [1.165, 1.54) is 0 Å². The Morgan fingerprint density at radius 3 is 2.83 bits per heavy atom. The lowest BCUT2D eigenvalue weighted by Crippen LogP contribution is -2.51. The van der Waals surface area contributed by atoms with Crippen molar-refractivity contribution in [1.82, 2.24) is 20.1 Å². The second kappa shape index (κ2) is 8.21. The van der Waals surface area contributed by atoms with Crippen LogP contribution in [0.4, 0.5) is 0 Å². The smallest absolute Gasteiger partial charge is 0.240 e. The van der Waals surface area contributed by atoms with Crippen LogP contribution in [-0.4, -0.2) is 72.0 Å². The van der Waals surface area contributed by atoms with Gasteiger partial charge in [-0.25, -0.2) is 0 Å². The highest BCUT2D eigenvalue weighted by molar-refractivity contribution is 5.84. The molecule has 0 bridgehead atoms. The Bertz CT molecular complexity index is 560. The van der Waals surface area contributed by atoms with E-state index >= 15 is 0 Å². The van der Waals surface area contributed by atoms with E-state index in [1.54, 1.807) is 6.20 Å². The van der Waals surface area contributed by atoms with Crippen molar-refractivity contribution in [3.63, 3.8) is 0 Å². The number of aromatic nitrogens is 1. The van der Waals surface area contributed by atoms with Gasteiger partial charge in [0, 0.05) is 19.3 Å². The lowest BCUT2D eigenvalue weighted by molar-refractivity contribution is -0.140. The van der Waals surface area contributed by atoms with Crippen molar-refractivity contribution in [3.05, 3.63) is 30.1 Å². The molecule has 1 atom stereocenters. The zero-order chi connectivity index (χ0) is 16.8. The SMILES string of the molecule is O=C(CN1CCCC1C(=O)N1CCOCC1)NCc1ccccn1. The number of carbonyl (C=O) groups is 2. The van der Waals surface area contributed by atoms with E-state index in [9.17, 15) is 9.59 Å². The summed E-state index contributed by atoms with van der Waals surface area (Å²) >= 11 is 0. The minimum absolute atomic E-state index is 0.0673. The summed E-state index contributed by atoms with van der Waals surface area (Å²) in [6.45, 7) is 3.96. The second-order valence-electron chi connectivity index (χ2n) is 6.16. The van der Waals surface area contributed by atoms with E-state index in [4.69, 9.17) is 4.74 Å². The molecule has 0 aromatic carbocycles. The first-order chi connectivity index (χ1) is 11.7. The largest absolute Gasteiger partial charge is 0.378 e. The monoisotopic (exact) mass is 332 g/mol. The molecule has 3 rings (SSSR count). The van der Waals surface area contributed by atoms with Gasteiger partial charge in [-0.15, -0.1) is 0 Å². The number of rotatable bonds is 5. The normalized spacial score (nSPS) is 21.7. The fraction of sp³-hybridized carbons (Fsp3) is 0.588. The topological polar surface area (TPSA) is 74.8 Å². The van der Waals surface area contributed by atoms with Crippen LogP contribution in [0.25, 0.3) is 0 Å². The molecule has 2 aliphatic heterocycles. The van der Waals surface area contributed by atoms with Gasteiger partial charge in [-0.2, -0.15) is 0 Å². The summed E-state index contributed by atoms with van der Waals surface area (Å²) in [4.78, 5) is 32.9. The van der Waals surface area contributed by atoms with E-state index in [-0.39, 0.29) is 24.4 Å². The summed E-state index contributed by atoms with van der Waals surface area (Å²) in [6, 6.07) is 5.44. The predicted octanol–water partition coefficient (Wildman–Crippen LogP) is 0.0210. The highest BCUT2D eigenvalue weighted by Crippen LogP contribution is 2.19. The fourth-order valence-corrected chi connectivity index (χ4v) is 3.22. The van der Waals surface area contributed by atoms with Crippen molar-refractivity contribution in [2.75, 3.05) is 39.4 Å². The van der Waals surface area contributed by atoms with Gasteiger partial charge in [0.25, 0.3) is 0 Å². The number of amides is 2. The molecule has 1 unspecified atom stereocenters. The number of nitrogens with zero attached hydrogens (tertiary/aromatic N) is 3. The van der Waals surface area contributed by atoms with Gasteiger partial charge in [0.05, 0.1) is 38.0 Å². The Morgan fingerprint density at radius 1 is 1.25 bits per heavy atom. The molecule has 7 heteroatoms. The summed E-state index contributed by atoms with van der Waals surface area (Å²) in [5.74, 6) is 0.0654. The zero-order valence-corrected chi connectivity index (χ0v) is 13.8. The summed E-state index contributed by atoms with van der Waals surface area (Å²) in [7, 11) is 0. The molecule has 2 fully saturated rings. The van der Waals surface area contributed by atoms with Crippen LogP contribution in [0.15, 0.2) is 24.4 Å². The van der Waals surface area contributed by atoms with Gasteiger partial charge in [0.1, 0.15) is 0 Å². The molecule has 0 spiro atoms. The number of morpholine rings is 1. The maximum Gasteiger partial charge on any atom is 0.240 e. The summed E-state index contributed by atoms with van der Waals surface area (Å²) in [6.07, 6.45) is 3.48. The van der Waals surface area contributed by atoms with Crippen molar-refractivity contribution >= 4 is 11.8 Å². The van der Waals surface area contributed by atoms with Gasteiger partial charge in [0.2, 0.25) is 11.8 Å². The predicted molar refractivity (Wildman–Crippen MR) is 88.1 cm³/mol. The number of carbonyl (C=O) groups excluding carboxylic acids is 2. The van der Waals surface area contributed by atoms with Gasteiger partial charge in [-0.05, 0) is 31.5 Å². The first kappa shape index (κ1) is 16.9. The van der Waals surface area contributed by atoms with Crippen molar-refractivity contribution in [1.29, 1.82) is 0 Å². The highest BCUT2D eigenvalue weighted by atomic mass is 16.5. The van der Waals surface area contributed by atoms with E-state index in [1.807, 2.05) is 28.0 Å². The van der Waals surface area contributed by atoms with Gasteiger partial charge < -0.3 is 15.0 Å². The fourth-order valence-electron chi connectivity index (χ4n) is 3.22. The molecule has 2 amide bonds. The summed E-state index contributed by atoms with van der Waals surface area (Å²) < 4.78 is 5.30. The Labute approximate surface area is 142 Å². The molecule has 24 heavy (non-hydrogen) atoms. The first-order valence-electron chi connectivity index (χ1n) is 8.51. The molecule has 3 heterocycles. The van der Waals surface area contributed by atoms with Crippen molar-refractivity contribution in [3.8, 4) is 0 Å². The van der Waals surface area contributed by atoms with Crippen LogP contribution >= 0.6 is 0 Å². The van der Waals surface area contributed by atoms with Gasteiger partial charge >= 0.3 is 0 Å². The molecule has 1 N–H and O–H groups in total.